The van der Waals surface area contributed by atoms with Crippen molar-refractivity contribution in [2.75, 3.05) is 24.3 Å². The third kappa shape index (κ3) is 4.20. The smallest absolute Gasteiger partial charge is 0.307 e. The van der Waals surface area contributed by atoms with Crippen LogP contribution in [0.2, 0.25) is 0 Å². The molecule has 0 aliphatic rings. The normalized spacial score (nSPS) is 11.8. The molecule has 0 aliphatic carbocycles. The summed E-state index contributed by atoms with van der Waals surface area (Å²) in [5.74, 6) is 1.07. The second-order valence-electron chi connectivity index (χ2n) is 4.08. The number of nitrogens with zero attached hydrogens (tertiary/aromatic N) is 2. The zero-order valence-corrected chi connectivity index (χ0v) is 11.3. The van der Waals surface area contributed by atoms with E-state index in [1.807, 2.05) is 20.8 Å². The molecule has 100 valence electrons. The Morgan fingerprint density at radius 2 is 2.28 bits per heavy atom. The molecule has 1 aromatic heterocycles. The summed E-state index contributed by atoms with van der Waals surface area (Å²) in [4.78, 5) is 19.7. The maximum atomic E-state index is 11.2. The average Bonchev–Trinajstić information content (AvgIpc) is 2.33. The van der Waals surface area contributed by atoms with E-state index >= 15 is 0 Å². The van der Waals surface area contributed by atoms with Gasteiger partial charge in [-0.05, 0) is 20.8 Å². The highest BCUT2D eigenvalue weighted by atomic mass is 16.5. The summed E-state index contributed by atoms with van der Waals surface area (Å²) >= 11 is 0. The van der Waals surface area contributed by atoms with Crippen LogP contribution in [0.4, 0.5) is 11.8 Å². The van der Waals surface area contributed by atoms with Gasteiger partial charge in [-0.2, -0.15) is 4.98 Å². The van der Waals surface area contributed by atoms with E-state index in [4.69, 9.17) is 0 Å². The first-order chi connectivity index (χ1) is 8.56. The number of rotatable bonds is 6. The summed E-state index contributed by atoms with van der Waals surface area (Å²) in [6.07, 6.45) is 2.05. The van der Waals surface area contributed by atoms with Crippen molar-refractivity contribution in [1.29, 1.82) is 0 Å². The molecule has 0 aliphatic heterocycles. The predicted octanol–water partition coefficient (Wildman–Crippen LogP) is 1.58. The molecular formula is C12H20N4O2. The number of hydrogen-bond acceptors (Lipinski definition) is 6. The molecule has 1 atom stereocenters. The van der Waals surface area contributed by atoms with Gasteiger partial charge in [0.25, 0.3) is 0 Å². The van der Waals surface area contributed by atoms with Crippen molar-refractivity contribution >= 4 is 17.7 Å². The van der Waals surface area contributed by atoms with Gasteiger partial charge in [-0.3, -0.25) is 4.79 Å². The van der Waals surface area contributed by atoms with Gasteiger partial charge in [-0.15, -0.1) is 0 Å². The largest absolute Gasteiger partial charge is 0.469 e. The zero-order valence-electron chi connectivity index (χ0n) is 11.3. The minimum atomic E-state index is -0.242. The van der Waals surface area contributed by atoms with E-state index < -0.39 is 0 Å². The maximum absolute atomic E-state index is 11.2. The third-order valence-corrected chi connectivity index (χ3v) is 2.39. The lowest BCUT2D eigenvalue weighted by Gasteiger charge is -2.15. The van der Waals surface area contributed by atoms with Crippen molar-refractivity contribution < 1.29 is 9.53 Å². The monoisotopic (exact) mass is 252 g/mol. The fourth-order valence-corrected chi connectivity index (χ4v) is 1.45. The minimum Gasteiger partial charge on any atom is -0.469 e. The number of esters is 1. The summed E-state index contributed by atoms with van der Waals surface area (Å²) < 4.78 is 4.63. The van der Waals surface area contributed by atoms with Crippen LogP contribution in [0.25, 0.3) is 0 Å². The molecule has 0 bridgehead atoms. The number of hydrogen-bond donors (Lipinski definition) is 2. The molecule has 1 heterocycles. The first kappa shape index (κ1) is 14.2. The van der Waals surface area contributed by atoms with E-state index in [-0.39, 0.29) is 12.0 Å². The number of carbonyl (C=O) groups is 1. The van der Waals surface area contributed by atoms with Crippen LogP contribution in [0.3, 0.4) is 0 Å². The van der Waals surface area contributed by atoms with Gasteiger partial charge in [-0.25, -0.2) is 4.98 Å². The standard InChI is InChI=1S/C12H20N4O2/c1-5-13-12-14-7-8(2)11(16-12)15-9(3)6-10(17)18-4/h7,9H,5-6H2,1-4H3,(H2,13,14,15,16). The summed E-state index contributed by atoms with van der Waals surface area (Å²) in [5.41, 5.74) is 0.938. The molecule has 1 aromatic rings. The zero-order chi connectivity index (χ0) is 13.5. The highest BCUT2D eigenvalue weighted by Gasteiger charge is 2.11. The maximum Gasteiger partial charge on any atom is 0.307 e. The number of aromatic nitrogens is 2. The van der Waals surface area contributed by atoms with Crippen LogP contribution in [-0.2, 0) is 9.53 Å². The van der Waals surface area contributed by atoms with Gasteiger partial charge in [0, 0.05) is 24.3 Å². The lowest BCUT2D eigenvalue weighted by Crippen LogP contribution is -2.22. The van der Waals surface area contributed by atoms with E-state index in [1.165, 1.54) is 7.11 Å². The van der Waals surface area contributed by atoms with Crippen LogP contribution in [0.1, 0.15) is 25.8 Å². The number of ether oxygens (including phenoxy) is 1. The highest BCUT2D eigenvalue weighted by molar-refractivity contribution is 5.70. The molecule has 2 N–H and O–H groups in total. The molecule has 0 amide bonds. The Hall–Kier alpha value is -1.85. The van der Waals surface area contributed by atoms with Crippen molar-refractivity contribution in [2.24, 2.45) is 0 Å². The summed E-state index contributed by atoms with van der Waals surface area (Å²) in [5, 5.41) is 6.23. The van der Waals surface area contributed by atoms with Gasteiger partial charge < -0.3 is 15.4 Å². The van der Waals surface area contributed by atoms with Crippen molar-refractivity contribution in [3.05, 3.63) is 11.8 Å². The number of methoxy groups -OCH3 is 1. The summed E-state index contributed by atoms with van der Waals surface area (Å²) in [6, 6.07) is -0.0412. The van der Waals surface area contributed by atoms with Crippen molar-refractivity contribution in [3.63, 3.8) is 0 Å². The molecule has 0 radical (unpaired) electrons. The molecule has 6 heteroatoms. The molecule has 0 aromatic carbocycles. The second kappa shape index (κ2) is 6.78. The molecule has 18 heavy (non-hydrogen) atoms. The highest BCUT2D eigenvalue weighted by Crippen LogP contribution is 2.14. The van der Waals surface area contributed by atoms with E-state index in [9.17, 15) is 4.79 Å². The van der Waals surface area contributed by atoms with Gasteiger partial charge in [0.1, 0.15) is 5.82 Å². The molecule has 0 spiro atoms. The summed E-state index contributed by atoms with van der Waals surface area (Å²) in [7, 11) is 1.38. The van der Waals surface area contributed by atoms with Gasteiger partial charge in [-0.1, -0.05) is 0 Å². The van der Waals surface area contributed by atoms with Crippen LogP contribution in [-0.4, -0.2) is 35.6 Å². The van der Waals surface area contributed by atoms with E-state index in [0.717, 1.165) is 17.9 Å². The first-order valence-corrected chi connectivity index (χ1v) is 5.97. The lowest BCUT2D eigenvalue weighted by atomic mass is 10.2. The molecule has 6 nitrogen and oxygen atoms in total. The Balaban J connectivity index is 2.70. The second-order valence-corrected chi connectivity index (χ2v) is 4.08. The van der Waals surface area contributed by atoms with Crippen LogP contribution >= 0.6 is 0 Å². The van der Waals surface area contributed by atoms with Crippen molar-refractivity contribution in [1.82, 2.24) is 9.97 Å². The molecule has 0 fully saturated rings. The van der Waals surface area contributed by atoms with Gasteiger partial charge in [0.15, 0.2) is 0 Å². The van der Waals surface area contributed by atoms with E-state index in [0.29, 0.717) is 12.4 Å². The SMILES string of the molecule is CCNc1ncc(C)c(NC(C)CC(=O)OC)n1. The molecule has 0 saturated heterocycles. The minimum absolute atomic E-state index is 0.0412. The van der Waals surface area contributed by atoms with Crippen LogP contribution in [0.5, 0.6) is 0 Å². The van der Waals surface area contributed by atoms with E-state index in [2.05, 4.69) is 25.3 Å². The number of anilines is 2. The molecular weight excluding hydrogens is 232 g/mol. The Kier molecular flexibility index (Phi) is 5.35. The first-order valence-electron chi connectivity index (χ1n) is 5.97. The Labute approximate surface area is 107 Å². The van der Waals surface area contributed by atoms with Gasteiger partial charge in [0.2, 0.25) is 5.95 Å². The Bertz CT molecular complexity index is 409. The topological polar surface area (TPSA) is 76.1 Å². The van der Waals surface area contributed by atoms with E-state index in [1.54, 1.807) is 6.20 Å². The fourth-order valence-electron chi connectivity index (χ4n) is 1.45. The quantitative estimate of drug-likeness (QED) is 0.749. The third-order valence-electron chi connectivity index (χ3n) is 2.39. The van der Waals surface area contributed by atoms with Crippen LogP contribution < -0.4 is 10.6 Å². The average molecular weight is 252 g/mol. The number of nitrogens with one attached hydrogen (secondary N) is 2. The number of carbonyl (C=O) groups excluding carboxylic acids is 1. The number of aryl methyl sites for hydroxylation is 1. The van der Waals surface area contributed by atoms with Crippen molar-refractivity contribution in [3.8, 4) is 0 Å². The van der Waals surface area contributed by atoms with Crippen LogP contribution in [0.15, 0.2) is 6.20 Å². The Morgan fingerprint density at radius 3 is 2.89 bits per heavy atom. The fraction of sp³-hybridized carbons (Fsp3) is 0.583. The van der Waals surface area contributed by atoms with Crippen LogP contribution in [0, 0.1) is 6.92 Å². The predicted molar refractivity (Wildman–Crippen MR) is 70.7 cm³/mol. The van der Waals surface area contributed by atoms with Gasteiger partial charge in [0.05, 0.1) is 13.5 Å². The molecule has 1 rings (SSSR count). The summed E-state index contributed by atoms with van der Waals surface area (Å²) in [6.45, 7) is 6.57. The van der Waals surface area contributed by atoms with Crippen molar-refractivity contribution in [2.45, 2.75) is 33.2 Å². The Morgan fingerprint density at radius 1 is 1.56 bits per heavy atom. The molecule has 0 saturated carbocycles. The lowest BCUT2D eigenvalue weighted by molar-refractivity contribution is -0.140. The molecule has 1 unspecified atom stereocenters. The van der Waals surface area contributed by atoms with Gasteiger partial charge >= 0.3 is 5.97 Å².